The van der Waals surface area contributed by atoms with E-state index in [1.54, 1.807) is 18.3 Å². The van der Waals surface area contributed by atoms with Gasteiger partial charge in [0.1, 0.15) is 17.7 Å². The van der Waals surface area contributed by atoms with Gasteiger partial charge >= 0.3 is 0 Å². The van der Waals surface area contributed by atoms with Gasteiger partial charge in [-0.3, -0.25) is 0 Å². The maximum atomic E-state index is 8.62. The molecule has 0 amide bonds. The topological polar surface area (TPSA) is 72.5 Å². The van der Waals surface area contributed by atoms with Crippen LogP contribution in [0.4, 0.5) is 5.13 Å². The lowest BCUT2D eigenvalue weighted by molar-refractivity contribution is 1.22. The number of benzene rings is 1. The molecule has 6 heteroatoms. The van der Waals surface area contributed by atoms with Crippen LogP contribution in [-0.2, 0) is 6.42 Å². The van der Waals surface area contributed by atoms with Gasteiger partial charge in [0.15, 0.2) is 5.13 Å². The van der Waals surface area contributed by atoms with E-state index in [1.165, 1.54) is 17.5 Å². The molecule has 2 rings (SSSR count). The Bertz CT molecular complexity index is 688. The molecule has 0 aliphatic heterocycles. The third-order valence-corrected chi connectivity index (χ3v) is 3.61. The number of hydrogen-bond acceptors (Lipinski definition) is 5. The van der Waals surface area contributed by atoms with Crippen molar-refractivity contribution in [2.24, 2.45) is 0 Å². The summed E-state index contributed by atoms with van der Waals surface area (Å²) in [5.41, 5.74) is 1.16. The van der Waals surface area contributed by atoms with Crippen LogP contribution in [0.15, 0.2) is 42.2 Å². The normalized spacial score (nSPS) is 9.35. The molecule has 0 radical (unpaired) electrons. The molecule has 0 aliphatic carbocycles. The zero-order valence-electron chi connectivity index (χ0n) is 10.3. The summed E-state index contributed by atoms with van der Waals surface area (Å²) in [5.74, 6) is 0. The van der Waals surface area contributed by atoms with E-state index in [2.05, 4.69) is 10.3 Å². The second kappa shape index (κ2) is 6.72. The number of aromatic nitrogens is 1. The highest BCUT2D eigenvalue weighted by molar-refractivity contribution is 7.15. The summed E-state index contributed by atoms with van der Waals surface area (Å²) in [7, 11) is 0. The molecule has 1 aromatic heterocycles. The van der Waals surface area contributed by atoms with Gasteiger partial charge in [-0.25, -0.2) is 4.98 Å². The van der Waals surface area contributed by atoms with Gasteiger partial charge in [-0.1, -0.05) is 23.7 Å². The number of allylic oxidation sites excluding steroid dienone is 1. The molecule has 1 aromatic carbocycles. The molecule has 1 N–H and O–H groups in total. The van der Waals surface area contributed by atoms with E-state index in [-0.39, 0.29) is 5.57 Å². The van der Waals surface area contributed by atoms with Gasteiger partial charge in [0.05, 0.1) is 0 Å². The minimum atomic E-state index is 0.0134. The minimum Gasteiger partial charge on any atom is -0.336 e. The predicted molar refractivity (Wildman–Crippen MR) is 79.3 cm³/mol. The minimum absolute atomic E-state index is 0.0134. The Kier molecular flexibility index (Phi) is 4.73. The number of anilines is 1. The summed E-state index contributed by atoms with van der Waals surface area (Å²) in [6.07, 6.45) is 3.89. The van der Waals surface area contributed by atoms with E-state index >= 15 is 0 Å². The van der Waals surface area contributed by atoms with Crippen LogP contribution in [0.25, 0.3) is 0 Å². The third kappa shape index (κ3) is 3.83. The average molecular weight is 301 g/mol. The number of thiazole rings is 1. The fraction of sp³-hybridized carbons (Fsp3) is 0.0714. The van der Waals surface area contributed by atoms with Crippen molar-refractivity contribution in [1.29, 1.82) is 10.5 Å². The van der Waals surface area contributed by atoms with Crippen LogP contribution in [0.2, 0.25) is 5.02 Å². The highest BCUT2D eigenvalue weighted by Gasteiger charge is 2.03. The molecule has 0 unspecified atom stereocenters. The Morgan fingerprint density at radius 3 is 2.65 bits per heavy atom. The lowest BCUT2D eigenvalue weighted by Crippen LogP contribution is -1.87. The van der Waals surface area contributed by atoms with Crippen molar-refractivity contribution >= 4 is 28.1 Å². The van der Waals surface area contributed by atoms with Gasteiger partial charge in [0, 0.05) is 28.7 Å². The van der Waals surface area contributed by atoms with Crippen molar-refractivity contribution in [3.63, 3.8) is 0 Å². The van der Waals surface area contributed by atoms with Crippen molar-refractivity contribution in [3.05, 3.63) is 57.7 Å². The molecule has 2 aromatic rings. The number of rotatable bonds is 4. The molecule has 4 nitrogen and oxygen atoms in total. The zero-order valence-corrected chi connectivity index (χ0v) is 11.9. The lowest BCUT2D eigenvalue weighted by Gasteiger charge is -1.98. The molecule has 0 spiro atoms. The molecular weight excluding hydrogens is 292 g/mol. The fourth-order valence-corrected chi connectivity index (χ4v) is 2.42. The highest BCUT2D eigenvalue weighted by atomic mass is 35.5. The molecule has 0 aliphatic rings. The second-order valence-electron chi connectivity index (χ2n) is 3.86. The Morgan fingerprint density at radius 1 is 1.30 bits per heavy atom. The second-order valence-corrected chi connectivity index (χ2v) is 5.41. The first-order valence-electron chi connectivity index (χ1n) is 5.67. The van der Waals surface area contributed by atoms with Gasteiger partial charge in [-0.05, 0) is 17.7 Å². The maximum absolute atomic E-state index is 8.62. The first kappa shape index (κ1) is 14.1. The van der Waals surface area contributed by atoms with Gasteiger partial charge in [0.25, 0.3) is 0 Å². The van der Waals surface area contributed by atoms with Gasteiger partial charge < -0.3 is 5.32 Å². The molecule has 20 heavy (non-hydrogen) atoms. The van der Waals surface area contributed by atoms with E-state index in [1.807, 2.05) is 24.3 Å². The summed E-state index contributed by atoms with van der Waals surface area (Å²) in [4.78, 5) is 5.27. The van der Waals surface area contributed by atoms with Crippen LogP contribution in [0, 0.1) is 22.7 Å². The SMILES string of the molecule is N#CC(C#N)=CNc1ncc(Cc2ccc(Cl)cc2)s1. The van der Waals surface area contributed by atoms with Crippen LogP contribution in [-0.4, -0.2) is 4.98 Å². The van der Waals surface area contributed by atoms with Crippen molar-refractivity contribution in [3.8, 4) is 12.1 Å². The van der Waals surface area contributed by atoms with Gasteiger partial charge in [-0.15, -0.1) is 11.3 Å². The first-order chi connectivity index (χ1) is 9.71. The maximum Gasteiger partial charge on any atom is 0.186 e. The zero-order chi connectivity index (χ0) is 14.4. The lowest BCUT2D eigenvalue weighted by atomic mass is 10.1. The Balaban J connectivity index is 2.03. The average Bonchev–Trinajstić information content (AvgIpc) is 2.90. The Labute approximate surface area is 125 Å². The standard InChI is InChI=1S/C14H9ClN4S/c15-12-3-1-10(2-4-12)5-13-9-19-14(20-13)18-8-11(6-16)7-17/h1-4,8-9H,5H2,(H,18,19). The van der Waals surface area contributed by atoms with Crippen LogP contribution in [0.3, 0.4) is 0 Å². The van der Waals surface area contributed by atoms with E-state index in [0.717, 1.165) is 16.9 Å². The van der Waals surface area contributed by atoms with Crippen LogP contribution < -0.4 is 5.32 Å². The number of nitriles is 2. The summed E-state index contributed by atoms with van der Waals surface area (Å²) < 4.78 is 0. The first-order valence-corrected chi connectivity index (χ1v) is 6.87. The Hall–Kier alpha value is -2.34. The summed E-state index contributed by atoms with van der Waals surface area (Å²) in [5, 5.41) is 21.4. The number of hydrogen-bond donors (Lipinski definition) is 1. The molecule has 0 fully saturated rings. The molecular formula is C14H9ClN4S. The van der Waals surface area contributed by atoms with E-state index in [4.69, 9.17) is 22.1 Å². The molecule has 1 heterocycles. The van der Waals surface area contributed by atoms with E-state index in [9.17, 15) is 0 Å². The Morgan fingerprint density at radius 2 is 2.00 bits per heavy atom. The van der Waals surface area contributed by atoms with E-state index in [0.29, 0.717) is 10.2 Å². The third-order valence-electron chi connectivity index (χ3n) is 2.43. The van der Waals surface area contributed by atoms with Crippen molar-refractivity contribution in [1.82, 2.24) is 4.98 Å². The fourth-order valence-electron chi connectivity index (χ4n) is 1.48. The highest BCUT2D eigenvalue weighted by Crippen LogP contribution is 2.22. The monoisotopic (exact) mass is 300 g/mol. The molecule has 98 valence electrons. The van der Waals surface area contributed by atoms with Crippen molar-refractivity contribution in [2.75, 3.05) is 5.32 Å². The predicted octanol–water partition coefficient (Wildman–Crippen LogP) is 3.73. The smallest absolute Gasteiger partial charge is 0.186 e. The summed E-state index contributed by atoms with van der Waals surface area (Å²) in [6.45, 7) is 0. The van der Waals surface area contributed by atoms with E-state index < -0.39 is 0 Å². The van der Waals surface area contributed by atoms with Crippen LogP contribution in [0.5, 0.6) is 0 Å². The molecule has 0 saturated carbocycles. The number of nitrogens with one attached hydrogen (secondary N) is 1. The van der Waals surface area contributed by atoms with Gasteiger partial charge in [-0.2, -0.15) is 10.5 Å². The largest absolute Gasteiger partial charge is 0.336 e. The van der Waals surface area contributed by atoms with Gasteiger partial charge in [0.2, 0.25) is 0 Å². The summed E-state index contributed by atoms with van der Waals surface area (Å²) in [6, 6.07) is 11.2. The van der Waals surface area contributed by atoms with Crippen LogP contribution in [0.1, 0.15) is 10.4 Å². The molecule has 0 atom stereocenters. The molecule has 0 saturated heterocycles. The van der Waals surface area contributed by atoms with Crippen LogP contribution >= 0.6 is 22.9 Å². The number of halogens is 1. The number of nitrogens with zero attached hydrogens (tertiary/aromatic N) is 3. The quantitative estimate of drug-likeness (QED) is 0.873. The van der Waals surface area contributed by atoms with Crippen molar-refractivity contribution in [2.45, 2.75) is 6.42 Å². The summed E-state index contributed by atoms with van der Waals surface area (Å²) >= 11 is 7.31. The molecule has 0 bridgehead atoms. The van der Waals surface area contributed by atoms with Crippen molar-refractivity contribution < 1.29 is 0 Å².